The Hall–Kier alpha value is -3.84. The number of nitrogens with one attached hydrogen (secondary N) is 3. The quantitative estimate of drug-likeness (QED) is 0.656. The van der Waals surface area contributed by atoms with Crippen LogP contribution in [0.5, 0.6) is 0 Å². The standard InChI is InChI=1S/C20H19N5O2/c21-11-4-12-23-19(26)18(13-15-5-2-1-3-6-15)25-20(27)24-17-9-7-16(14-22)8-10-17/h1-3,5-10,18H,4,12-13H2,(H,23,26)(H2,24,25,27). The smallest absolute Gasteiger partial charge is 0.319 e. The summed E-state index contributed by atoms with van der Waals surface area (Å²) in [7, 11) is 0. The van der Waals surface area contributed by atoms with E-state index in [2.05, 4.69) is 16.0 Å². The fourth-order valence-corrected chi connectivity index (χ4v) is 2.38. The van der Waals surface area contributed by atoms with Crippen molar-refractivity contribution in [1.29, 1.82) is 10.5 Å². The van der Waals surface area contributed by atoms with Gasteiger partial charge in [-0.15, -0.1) is 0 Å². The number of hydrogen-bond acceptors (Lipinski definition) is 4. The largest absolute Gasteiger partial charge is 0.353 e. The molecule has 1 unspecified atom stereocenters. The summed E-state index contributed by atoms with van der Waals surface area (Å²) >= 11 is 0. The van der Waals surface area contributed by atoms with Crippen molar-refractivity contribution < 1.29 is 9.59 Å². The van der Waals surface area contributed by atoms with Crippen LogP contribution in [0.4, 0.5) is 10.5 Å². The maximum Gasteiger partial charge on any atom is 0.319 e. The Labute approximate surface area is 157 Å². The van der Waals surface area contributed by atoms with E-state index in [0.29, 0.717) is 17.7 Å². The molecule has 0 saturated carbocycles. The first kappa shape index (κ1) is 19.5. The Morgan fingerprint density at radius 3 is 2.33 bits per heavy atom. The number of carbonyl (C=O) groups is 2. The molecule has 7 nitrogen and oxygen atoms in total. The van der Waals surface area contributed by atoms with Crippen molar-refractivity contribution in [2.24, 2.45) is 0 Å². The monoisotopic (exact) mass is 361 g/mol. The van der Waals surface area contributed by atoms with E-state index in [9.17, 15) is 9.59 Å². The third-order valence-corrected chi connectivity index (χ3v) is 3.71. The van der Waals surface area contributed by atoms with Crippen molar-refractivity contribution in [2.45, 2.75) is 18.9 Å². The highest BCUT2D eigenvalue weighted by Gasteiger charge is 2.21. The topological polar surface area (TPSA) is 118 Å². The highest BCUT2D eigenvalue weighted by Crippen LogP contribution is 2.09. The van der Waals surface area contributed by atoms with Gasteiger partial charge in [-0.05, 0) is 29.8 Å². The van der Waals surface area contributed by atoms with Gasteiger partial charge >= 0.3 is 6.03 Å². The summed E-state index contributed by atoms with van der Waals surface area (Å²) < 4.78 is 0. The molecule has 0 heterocycles. The average molecular weight is 361 g/mol. The fraction of sp³-hybridized carbons (Fsp3) is 0.200. The predicted molar refractivity (Wildman–Crippen MR) is 100 cm³/mol. The number of hydrogen-bond donors (Lipinski definition) is 3. The third kappa shape index (κ3) is 6.52. The maximum atomic E-state index is 12.4. The number of urea groups is 1. The minimum absolute atomic E-state index is 0.196. The van der Waals surface area contributed by atoms with Crippen molar-refractivity contribution in [3.63, 3.8) is 0 Å². The van der Waals surface area contributed by atoms with Crippen LogP contribution in [0.3, 0.4) is 0 Å². The van der Waals surface area contributed by atoms with Crippen LogP contribution in [0, 0.1) is 22.7 Å². The fourth-order valence-electron chi connectivity index (χ4n) is 2.38. The molecule has 2 rings (SSSR count). The first-order chi connectivity index (χ1) is 13.1. The van der Waals surface area contributed by atoms with Gasteiger partial charge in [-0.3, -0.25) is 4.79 Å². The molecule has 0 aliphatic heterocycles. The number of carbonyl (C=O) groups excluding carboxylic acids is 2. The van der Waals surface area contributed by atoms with Crippen LogP contribution in [-0.4, -0.2) is 24.5 Å². The van der Waals surface area contributed by atoms with E-state index >= 15 is 0 Å². The minimum atomic E-state index is -0.788. The van der Waals surface area contributed by atoms with Crippen LogP contribution in [-0.2, 0) is 11.2 Å². The lowest BCUT2D eigenvalue weighted by Gasteiger charge is -2.19. The lowest BCUT2D eigenvalue weighted by Crippen LogP contribution is -2.49. The molecule has 0 spiro atoms. The summed E-state index contributed by atoms with van der Waals surface area (Å²) in [5.41, 5.74) is 1.89. The van der Waals surface area contributed by atoms with E-state index in [1.54, 1.807) is 24.3 Å². The second-order valence-corrected chi connectivity index (χ2v) is 5.73. The zero-order valence-electron chi connectivity index (χ0n) is 14.6. The molecule has 0 fully saturated rings. The van der Waals surface area contributed by atoms with E-state index in [0.717, 1.165) is 5.56 Å². The van der Waals surface area contributed by atoms with E-state index < -0.39 is 12.1 Å². The molecule has 0 saturated heterocycles. The summed E-state index contributed by atoms with van der Waals surface area (Å²) in [6.45, 7) is 0.222. The molecular weight excluding hydrogens is 342 g/mol. The zero-order chi connectivity index (χ0) is 19.5. The lowest BCUT2D eigenvalue weighted by atomic mass is 10.1. The molecule has 3 amide bonds. The van der Waals surface area contributed by atoms with Crippen LogP contribution < -0.4 is 16.0 Å². The van der Waals surface area contributed by atoms with Crippen LogP contribution in [0.25, 0.3) is 0 Å². The summed E-state index contributed by atoms with van der Waals surface area (Å²) in [5.74, 6) is -0.357. The molecule has 27 heavy (non-hydrogen) atoms. The number of benzene rings is 2. The van der Waals surface area contributed by atoms with Crippen LogP contribution in [0.1, 0.15) is 17.5 Å². The molecule has 0 aromatic heterocycles. The van der Waals surface area contributed by atoms with Crippen molar-refractivity contribution in [1.82, 2.24) is 10.6 Å². The molecule has 0 aliphatic rings. The number of anilines is 1. The van der Waals surface area contributed by atoms with Gasteiger partial charge in [-0.2, -0.15) is 10.5 Å². The van der Waals surface area contributed by atoms with E-state index in [1.807, 2.05) is 42.5 Å². The third-order valence-electron chi connectivity index (χ3n) is 3.71. The zero-order valence-corrected chi connectivity index (χ0v) is 14.6. The normalized spacial score (nSPS) is 10.7. The average Bonchev–Trinajstić information content (AvgIpc) is 2.69. The Kier molecular flexibility index (Phi) is 7.37. The molecule has 0 aliphatic carbocycles. The number of nitrogens with zero attached hydrogens (tertiary/aromatic N) is 2. The van der Waals surface area contributed by atoms with Gasteiger partial charge in [0.1, 0.15) is 6.04 Å². The van der Waals surface area contributed by atoms with Crippen molar-refractivity contribution in [3.05, 3.63) is 65.7 Å². The van der Waals surface area contributed by atoms with Gasteiger partial charge < -0.3 is 16.0 Å². The number of nitriles is 2. The number of rotatable bonds is 7. The van der Waals surface area contributed by atoms with Gasteiger partial charge in [-0.1, -0.05) is 30.3 Å². The summed E-state index contributed by atoms with van der Waals surface area (Å²) in [6, 6.07) is 18.4. The summed E-state index contributed by atoms with van der Waals surface area (Å²) in [5, 5.41) is 25.4. The van der Waals surface area contributed by atoms with Gasteiger partial charge in [-0.25, -0.2) is 4.79 Å². The molecule has 3 N–H and O–H groups in total. The summed E-state index contributed by atoms with van der Waals surface area (Å²) in [4.78, 5) is 24.7. The first-order valence-corrected chi connectivity index (χ1v) is 8.38. The van der Waals surface area contributed by atoms with Crippen molar-refractivity contribution in [2.75, 3.05) is 11.9 Å². The maximum absolute atomic E-state index is 12.4. The second-order valence-electron chi connectivity index (χ2n) is 5.73. The van der Waals surface area contributed by atoms with Gasteiger partial charge in [0.05, 0.1) is 24.1 Å². The summed E-state index contributed by atoms with van der Waals surface area (Å²) in [6.07, 6.45) is 0.515. The molecule has 7 heteroatoms. The lowest BCUT2D eigenvalue weighted by molar-refractivity contribution is -0.122. The SMILES string of the molecule is N#CCCNC(=O)C(Cc1ccccc1)NC(=O)Nc1ccc(C#N)cc1. The Balaban J connectivity index is 2.02. The minimum Gasteiger partial charge on any atom is -0.353 e. The van der Waals surface area contributed by atoms with Crippen LogP contribution in [0.15, 0.2) is 54.6 Å². The second kappa shape index (κ2) is 10.2. The van der Waals surface area contributed by atoms with E-state index in [-0.39, 0.29) is 18.9 Å². The molecule has 1 atom stereocenters. The van der Waals surface area contributed by atoms with Crippen LogP contribution >= 0.6 is 0 Å². The molecule has 136 valence electrons. The highest BCUT2D eigenvalue weighted by molar-refractivity contribution is 5.93. The first-order valence-electron chi connectivity index (χ1n) is 8.38. The van der Waals surface area contributed by atoms with Gasteiger partial charge in [0.15, 0.2) is 0 Å². The Morgan fingerprint density at radius 2 is 1.70 bits per heavy atom. The Bertz CT molecular complexity index is 851. The van der Waals surface area contributed by atoms with Gasteiger partial charge in [0.25, 0.3) is 0 Å². The van der Waals surface area contributed by atoms with E-state index in [4.69, 9.17) is 10.5 Å². The molecular formula is C20H19N5O2. The predicted octanol–water partition coefficient (Wildman–Crippen LogP) is 2.32. The Morgan fingerprint density at radius 1 is 1.00 bits per heavy atom. The van der Waals surface area contributed by atoms with Gasteiger partial charge in [0.2, 0.25) is 5.91 Å². The highest BCUT2D eigenvalue weighted by atomic mass is 16.2. The molecule has 0 radical (unpaired) electrons. The number of amides is 3. The van der Waals surface area contributed by atoms with Gasteiger partial charge in [0, 0.05) is 18.7 Å². The van der Waals surface area contributed by atoms with Crippen molar-refractivity contribution in [3.8, 4) is 12.1 Å². The molecule has 2 aromatic carbocycles. The van der Waals surface area contributed by atoms with Crippen LogP contribution in [0.2, 0.25) is 0 Å². The van der Waals surface area contributed by atoms with E-state index in [1.165, 1.54) is 0 Å². The van der Waals surface area contributed by atoms with Crippen molar-refractivity contribution >= 4 is 17.6 Å². The molecule has 2 aromatic rings. The molecule has 0 bridgehead atoms.